The van der Waals surface area contributed by atoms with Gasteiger partial charge in [0.2, 0.25) is 11.8 Å². The van der Waals surface area contributed by atoms with Crippen molar-refractivity contribution in [3.05, 3.63) is 124 Å². The van der Waals surface area contributed by atoms with Crippen molar-refractivity contribution >= 4 is 50.7 Å². The van der Waals surface area contributed by atoms with Crippen molar-refractivity contribution in [2.24, 2.45) is 0 Å². The molecule has 11 heteroatoms. The van der Waals surface area contributed by atoms with Crippen LogP contribution in [0.5, 0.6) is 5.75 Å². The Hall–Kier alpha value is -4.05. The predicted molar refractivity (Wildman–Crippen MR) is 178 cm³/mol. The standard InChI is InChI=1S/C34H35Cl2N3O5S/c1-24(2)37-34(41)32(20-25-8-5-4-6-9-25)38(22-26-12-14-27(35)15-13-26)33(40)23-39(29-11-7-10-28(36)21-29)45(42,43)31-18-16-30(44-3)17-19-31/h4-19,21,24,32H,20,22-23H2,1-3H3,(H,37,41)/t32-/m0/s1. The van der Waals surface area contributed by atoms with Crippen LogP contribution < -0.4 is 14.4 Å². The number of sulfonamides is 1. The summed E-state index contributed by atoms with van der Waals surface area (Å²) < 4.78 is 34.4. The van der Waals surface area contributed by atoms with Crippen LogP contribution in [0.1, 0.15) is 25.0 Å². The van der Waals surface area contributed by atoms with Crippen molar-refractivity contribution in [3.8, 4) is 5.75 Å². The molecule has 0 aromatic heterocycles. The quantitative estimate of drug-likeness (QED) is 0.179. The third-order valence-electron chi connectivity index (χ3n) is 6.99. The molecule has 4 aromatic carbocycles. The second-order valence-corrected chi connectivity index (χ2v) is 13.4. The fourth-order valence-corrected chi connectivity index (χ4v) is 6.47. The Morgan fingerprint density at radius 1 is 0.822 bits per heavy atom. The predicted octanol–water partition coefficient (Wildman–Crippen LogP) is 6.36. The van der Waals surface area contributed by atoms with E-state index in [1.165, 1.54) is 42.3 Å². The number of carbonyl (C=O) groups is 2. The molecular weight excluding hydrogens is 633 g/mol. The molecule has 0 spiro atoms. The van der Waals surface area contributed by atoms with Gasteiger partial charge in [-0.15, -0.1) is 0 Å². The Morgan fingerprint density at radius 3 is 2.09 bits per heavy atom. The Morgan fingerprint density at radius 2 is 1.49 bits per heavy atom. The lowest BCUT2D eigenvalue weighted by atomic mass is 10.0. The summed E-state index contributed by atoms with van der Waals surface area (Å²) in [5.74, 6) is -0.460. The van der Waals surface area contributed by atoms with Crippen LogP contribution in [-0.4, -0.2) is 50.9 Å². The zero-order chi connectivity index (χ0) is 32.6. The number of nitrogens with zero attached hydrogens (tertiary/aromatic N) is 2. The minimum atomic E-state index is -4.27. The lowest BCUT2D eigenvalue weighted by Crippen LogP contribution is -2.54. The first-order chi connectivity index (χ1) is 21.5. The molecular formula is C34H35Cl2N3O5S. The molecule has 0 heterocycles. The molecule has 2 amide bonds. The number of ether oxygens (including phenoxy) is 1. The van der Waals surface area contributed by atoms with Gasteiger partial charge in [0.15, 0.2) is 0 Å². The van der Waals surface area contributed by atoms with Gasteiger partial charge in [0.1, 0.15) is 18.3 Å². The van der Waals surface area contributed by atoms with E-state index in [2.05, 4.69) is 5.32 Å². The number of methoxy groups -OCH3 is 1. The van der Waals surface area contributed by atoms with Crippen LogP contribution in [0, 0.1) is 0 Å². The van der Waals surface area contributed by atoms with Crippen LogP contribution in [0.3, 0.4) is 0 Å². The molecule has 4 rings (SSSR count). The highest BCUT2D eigenvalue weighted by Gasteiger charge is 2.35. The zero-order valence-electron chi connectivity index (χ0n) is 25.2. The SMILES string of the molecule is COc1ccc(S(=O)(=O)N(CC(=O)N(Cc2ccc(Cl)cc2)[C@@H](Cc2ccccc2)C(=O)NC(C)C)c2cccc(Cl)c2)cc1. The van der Waals surface area contributed by atoms with E-state index in [9.17, 15) is 18.0 Å². The maximum Gasteiger partial charge on any atom is 0.264 e. The van der Waals surface area contributed by atoms with Crippen LogP contribution >= 0.6 is 23.2 Å². The van der Waals surface area contributed by atoms with Gasteiger partial charge in [-0.05, 0) is 79.6 Å². The van der Waals surface area contributed by atoms with E-state index in [1.807, 2.05) is 44.2 Å². The van der Waals surface area contributed by atoms with Crippen LogP contribution in [0.2, 0.25) is 10.0 Å². The highest BCUT2D eigenvalue weighted by atomic mass is 35.5. The normalized spacial score (nSPS) is 12.0. The maximum atomic E-state index is 14.4. The Balaban J connectivity index is 1.80. The molecule has 4 aromatic rings. The van der Waals surface area contributed by atoms with Gasteiger partial charge in [-0.1, -0.05) is 71.7 Å². The highest BCUT2D eigenvalue weighted by molar-refractivity contribution is 7.92. The summed E-state index contributed by atoms with van der Waals surface area (Å²) in [6.07, 6.45) is 0.209. The minimum absolute atomic E-state index is 0.0327. The van der Waals surface area contributed by atoms with E-state index in [-0.39, 0.29) is 35.5 Å². The third-order valence-corrected chi connectivity index (χ3v) is 9.27. The monoisotopic (exact) mass is 667 g/mol. The van der Waals surface area contributed by atoms with Gasteiger partial charge in [0.25, 0.3) is 10.0 Å². The van der Waals surface area contributed by atoms with Gasteiger partial charge in [0, 0.05) is 29.1 Å². The van der Waals surface area contributed by atoms with E-state index in [4.69, 9.17) is 27.9 Å². The van der Waals surface area contributed by atoms with Gasteiger partial charge in [-0.25, -0.2) is 8.42 Å². The number of rotatable bonds is 13. The van der Waals surface area contributed by atoms with Crippen molar-refractivity contribution < 1.29 is 22.7 Å². The van der Waals surface area contributed by atoms with Crippen molar-refractivity contribution in [1.82, 2.24) is 10.2 Å². The molecule has 0 saturated heterocycles. The Labute approximate surface area is 274 Å². The molecule has 0 unspecified atom stereocenters. The lowest BCUT2D eigenvalue weighted by molar-refractivity contribution is -0.140. The summed E-state index contributed by atoms with van der Waals surface area (Å²) in [6, 6.07) is 27.3. The third kappa shape index (κ3) is 9.00. The number of hydrogen-bond acceptors (Lipinski definition) is 5. The van der Waals surface area contributed by atoms with Crippen LogP contribution in [0.4, 0.5) is 5.69 Å². The molecule has 0 aliphatic rings. The van der Waals surface area contributed by atoms with E-state index < -0.39 is 28.5 Å². The average molecular weight is 669 g/mol. The number of benzene rings is 4. The molecule has 1 atom stereocenters. The summed E-state index contributed by atoms with van der Waals surface area (Å²) in [7, 11) is -2.79. The first kappa shape index (κ1) is 33.8. The number of amides is 2. The van der Waals surface area contributed by atoms with E-state index in [1.54, 1.807) is 42.5 Å². The molecule has 236 valence electrons. The molecule has 0 aliphatic carbocycles. The second kappa shape index (κ2) is 15.3. The van der Waals surface area contributed by atoms with Crippen LogP contribution in [-0.2, 0) is 32.6 Å². The number of nitrogens with one attached hydrogen (secondary N) is 1. The van der Waals surface area contributed by atoms with Gasteiger partial charge in [-0.2, -0.15) is 0 Å². The molecule has 45 heavy (non-hydrogen) atoms. The number of halogens is 2. The average Bonchev–Trinajstić information content (AvgIpc) is 3.02. The molecule has 0 bridgehead atoms. The second-order valence-electron chi connectivity index (χ2n) is 10.7. The van der Waals surface area contributed by atoms with Crippen molar-refractivity contribution in [2.75, 3.05) is 18.0 Å². The van der Waals surface area contributed by atoms with E-state index >= 15 is 0 Å². The van der Waals surface area contributed by atoms with Gasteiger partial charge < -0.3 is 15.0 Å². The van der Waals surface area contributed by atoms with Gasteiger partial charge in [-0.3, -0.25) is 13.9 Å². The van der Waals surface area contributed by atoms with E-state index in [0.29, 0.717) is 15.8 Å². The molecule has 0 aliphatic heterocycles. The largest absolute Gasteiger partial charge is 0.497 e. The number of hydrogen-bond donors (Lipinski definition) is 1. The molecule has 0 fully saturated rings. The first-order valence-electron chi connectivity index (χ1n) is 14.3. The molecule has 0 saturated carbocycles. The Kier molecular flexibility index (Phi) is 11.5. The fraction of sp³-hybridized carbons (Fsp3) is 0.235. The highest BCUT2D eigenvalue weighted by Crippen LogP contribution is 2.28. The minimum Gasteiger partial charge on any atom is -0.497 e. The summed E-state index contributed by atoms with van der Waals surface area (Å²) in [4.78, 5) is 29.6. The van der Waals surface area contributed by atoms with Gasteiger partial charge >= 0.3 is 0 Å². The summed E-state index contributed by atoms with van der Waals surface area (Å²) in [5.41, 5.74) is 1.76. The fourth-order valence-electron chi connectivity index (χ4n) is 4.76. The topological polar surface area (TPSA) is 96.0 Å². The van der Waals surface area contributed by atoms with Crippen LogP contribution in [0.15, 0.2) is 108 Å². The van der Waals surface area contributed by atoms with Crippen molar-refractivity contribution in [1.29, 1.82) is 0 Å². The van der Waals surface area contributed by atoms with E-state index in [0.717, 1.165) is 15.4 Å². The summed E-state index contributed by atoms with van der Waals surface area (Å²) >= 11 is 12.4. The smallest absolute Gasteiger partial charge is 0.264 e. The lowest BCUT2D eigenvalue weighted by Gasteiger charge is -2.34. The Bertz CT molecular complexity index is 1700. The molecule has 1 N–H and O–H groups in total. The molecule has 0 radical (unpaired) electrons. The number of anilines is 1. The maximum absolute atomic E-state index is 14.4. The summed E-state index contributed by atoms with van der Waals surface area (Å²) in [5, 5.41) is 3.76. The van der Waals surface area contributed by atoms with Gasteiger partial charge in [0.05, 0.1) is 17.7 Å². The first-order valence-corrected chi connectivity index (χ1v) is 16.5. The molecule has 8 nitrogen and oxygen atoms in total. The van der Waals surface area contributed by atoms with Crippen molar-refractivity contribution in [3.63, 3.8) is 0 Å². The van der Waals surface area contributed by atoms with Crippen LogP contribution in [0.25, 0.3) is 0 Å². The van der Waals surface area contributed by atoms with Crippen molar-refractivity contribution in [2.45, 2.75) is 43.8 Å². The zero-order valence-corrected chi connectivity index (χ0v) is 27.5. The number of carbonyl (C=O) groups excluding carboxylic acids is 2. The summed E-state index contributed by atoms with van der Waals surface area (Å²) in [6.45, 7) is 3.11.